The van der Waals surface area contributed by atoms with Crippen LogP contribution in [0.1, 0.15) is 5.82 Å². The van der Waals surface area contributed by atoms with Crippen LogP contribution in [0.4, 0.5) is 13.2 Å². The van der Waals surface area contributed by atoms with Gasteiger partial charge in [0.15, 0.2) is 0 Å². The van der Waals surface area contributed by atoms with Crippen molar-refractivity contribution >= 4 is 0 Å². The molecule has 0 saturated carbocycles. The van der Waals surface area contributed by atoms with Gasteiger partial charge in [0.1, 0.15) is 11.6 Å². The molecule has 7 heteroatoms. The minimum absolute atomic E-state index is 0.230. The summed E-state index contributed by atoms with van der Waals surface area (Å²) >= 11 is 0. The number of hydrogen-bond acceptors (Lipinski definition) is 3. The van der Waals surface area contributed by atoms with E-state index >= 15 is 0 Å². The molecule has 106 valence electrons. The first-order valence-corrected chi connectivity index (χ1v) is 6.14. The lowest BCUT2D eigenvalue weighted by molar-refractivity contribution is -0.274. The number of imidazole rings is 1. The summed E-state index contributed by atoms with van der Waals surface area (Å²) in [6.07, 6.45) is -2.75. The molecule has 1 aromatic carbocycles. The Kier molecular flexibility index (Phi) is 3.13. The van der Waals surface area contributed by atoms with Crippen LogP contribution < -0.4 is 10.1 Å². The van der Waals surface area contributed by atoms with Crippen LogP contribution in [0.5, 0.6) is 5.75 Å². The molecule has 4 nitrogen and oxygen atoms in total. The summed E-state index contributed by atoms with van der Waals surface area (Å²) in [4.78, 5) is 4.46. The second-order valence-electron chi connectivity index (χ2n) is 4.48. The fourth-order valence-electron chi connectivity index (χ4n) is 2.16. The first-order chi connectivity index (χ1) is 9.51. The molecular formula is C13H12F3N3O. The first-order valence-electron chi connectivity index (χ1n) is 6.14. The lowest BCUT2D eigenvalue weighted by Gasteiger charge is -2.13. The van der Waals surface area contributed by atoms with E-state index < -0.39 is 6.36 Å². The van der Waals surface area contributed by atoms with Gasteiger partial charge in [-0.2, -0.15) is 0 Å². The van der Waals surface area contributed by atoms with E-state index in [1.54, 1.807) is 12.1 Å². The van der Waals surface area contributed by atoms with E-state index in [9.17, 15) is 13.2 Å². The molecule has 0 fully saturated rings. The molecule has 1 aromatic heterocycles. The third kappa shape index (κ3) is 2.77. The van der Waals surface area contributed by atoms with Gasteiger partial charge in [-0.25, -0.2) is 4.98 Å². The van der Waals surface area contributed by atoms with E-state index in [-0.39, 0.29) is 5.75 Å². The lowest BCUT2D eigenvalue weighted by Crippen LogP contribution is -2.27. The van der Waals surface area contributed by atoms with E-state index in [1.807, 2.05) is 10.8 Å². The van der Waals surface area contributed by atoms with Gasteiger partial charge < -0.3 is 14.6 Å². The fourth-order valence-corrected chi connectivity index (χ4v) is 2.16. The second kappa shape index (κ2) is 4.82. The van der Waals surface area contributed by atoms with E-state index in [0.29, 0.717) is 6.54 Å². The van der Waals surface area contributed by atoms with Crippen molar-refractivity contribution in [1.29, 1.82) is 0 Å². The predicted molar refractivity (Wildman–Crippen MR) is 66.1 cm³/mol. The number of alkyl halides is 3. The van der Waals surface area contributed by atoms with Gasteiger partial charge in [-0.05, 0) is 24.3 Å². The third-order valence-corrected chi connectivity index (χ3v) is 3.06. The van der Waals surface area contributed by atoms with Crippen molar-refractivity contribution in [3.05, 3.63) is 36.3 Å². The van der Waals surface area contributed by atoms with Crippen molar-refractivity contribution in [3.63, 3.8) is 0 Å². The topological polar surface area (TPSA) is 39.1 Å². The number of aromatic nitrogens is 2. The SMILES string of the molecule is FC(F)(F)Oc1ccc(-c2cn3c(n2)CNCC3)cc1. The van der Waals surface area contributed by atoms with Gasteiger partial charge in [-0.3, -0.25) is 0 Å². The summed E-state index contributed by atoms with van der Waals surface area (Å²) in [6.45, 7) is 2.44. The summed E-state index contributed by atoms with van der Waals surface area (Å²) in [5.41, 5.74) is 1.52. The number of rotatable bonds is 2. The normalized spacial score (nSPS) is 14.9. The number of hydrogen-bond donors (Lipinski definition) is 1. The van der Waals surface area contributed by atoms with Gasteiger partial charge in [-0.15, -0.1) is 13.2 Å². The highest BCUT2D eigenvalue weighted by Gasteiger charge is 2.31. The first kappa shape index (κ1) is 13.0. The molecule has 2 aromatic rings. The van der Waals surface area contributed by atoms with Gasteiger partial charge in [0.05, 0.1) is 12.2 Å². The summed E-state index contributed by atoms with van der Waals surface area (Å²) in [5.74, 6) is 0.703. The summed E-state index contributed by atoms with van der Waals surface area (Å²) in [7, 11) is 0. The molecule has 20 heavy (non-hydrogen) atoms. The number of ether oxygens (including phenoxy) is 1. The van der Waals surface area contributed by atoms with Crippen LogP contribution in [0.25, 0.3) is 11.3 Å². The van der Waals surface area contributed by atoms with Crippen LogP contribution in [-0.4, -0.2) is 22.5 Å². The van der Waals surface area contributed by atoms with E-state index in [4.69, 9.17) is 0 Å². The molecular weight excluding hydrogens is 271 g/mol. The standard InChI is InChI=1S/C13H12F3N3O/c14-13(15,16)20-10-3-1-9(2-4-10)11-8-19-6-5-17-7-12(19)18-11/h1-4,8,17H,5-7H2. The predicted octanol–water partition coefficient (Wildman–Crippen LogP) is 2.55. The average Bonchev–Trinajstić information content (AvgIpc) is 2.81. The van der Waals surface area contributed by atoms with E-state index in [0.717, 1.165) is 30.2 Å². The van der Waals surface area contributed by atoms with Crippen LogP contribution in [0.15, 0.2) is 30.5 Å². The average molecular weight is 283 g/mol. The van der Waals surface area contributed by atoms with Crippen LogP contribution in [0, 0.1) is 0 Å². The number of nitrogens with zero attached hydrogens (tertiary/aromatic N) is 2. The Morgan fingerprint density at radius 3 is 2.60 bits per heavy atom. The molecule has 0 aliphatic carbocycles. The zero-order valence-electron chi connectivity index (χ0n) is 10.4. The Hall–Kier alpha value is -2.02. The van der Waals surface area contributed by atoms with Crippen molar-refractivity contribution in [2.75, 3.05) is 6.54 Å². The van der Waals surface area contributed by atoms with Crippen molar-refractivity contribution < 1.29 is 17.9 Å². The zero-order chi connectivity index (χ0) is 14.2. The third-order valence-electron chi connectivity index (χ3n) is 3.06. The van der Waals surface area contributed by atoms with Crippen molar-refractivity contribution in [2.45, 2.75) is 19.5 Å². The Morgan fingerprint density at radius 2 is 1.95 bits per heavy atom. The number of benzene rings is 1. The fraction of sp³-hybridized carbons (Fsp3) is 0.308. The molecule has 0 amide bonds. The smallest absolute Gasteiger partial charge is 0.406 e. The van der Waals surface area contributed by atoms with Crippen LogP contribution in [0.3, 0.4) is 0 Å². The molecule has 1 aliphatic rings. The summed E-state index contributed by atoms with van der Waals surface area (Å²) < 4.78 is 42.1. The van der Waals surface area contributed by atoms with Gasteiger partial charge in [0.25, 0.3) is 0 Å². The summed E-state index contributed by atoms with van der Waals surface area (Å²) in [6, 6.07) is 5.73. The molecule has 0 atom stereocenters. The molecule has 2 heterocycles. The molecule has 0 bridgehead atoms. The molecule has 0 radical (unpaired) electrons. The minimum atomic E-state index is -4.67. The molecule has 3 rings (SSSR count). The van der Waals surface area contributed by atoms with Gasteiger partial charge in [0.2, 0.25) is 0 Å². The summed E-state index contributed by atoms with van der Waals surface area (Å²) in [5, 5.41) is 3.21. The minimum Gasteiger partial charge on any atom is -0.406 e. The molecule has 0 unspecified atom stereocenters. The lowest BCUT2D eigenvalue weighted by atomic mass is 10.2. The van der Waals surface area contributed by atoms with E-state index in [1.165, 1.54) is 12.1 Å². The highest BCUT2D eigenvalue weighted by Crippen LogP contribution is 2.26. The van der Waals surface area contributed by atoms with Gasteiger partial charge >= 0.3 is 6.36 Å². The molecule has 0 saturated heterocycles. The molecule has 1 N–H and O–H groups in total. The van der Waals surface area contributed by atoms with Crippen LogP contribution in [-0.2, 0) is 13.1 Å². The zero-order valence-corrected chi connectivity index (χ0v) is 10.4. The second-order valence-corrected chi connectivity index (χ2v) is 4.48. The van der Waals surface area contributed by atoms with Crippen molar-refractivity contribution in [3.8, 4) is 17.0 Å². The van der Waals surface area contributed by atoms with Gasteiger partial charge in [0, 0.05) is 24.8 Å². The maximum absolute atomic E-state index is 12.1. The molecule has 0 spiro atoms. The Morgan fingerprint density at radius 1 is 1.20 bits per heavy atom. The number of halogens is 3. The maximum Gasteiger partial charge on any atom is 0.573 e. The Bertz CT molecular complexity index is 581. The molecule has 1 aliphatic heterocycles. The van der Waals surface area contributed by atoms with E-state index in [2.05, 4.69) is 15.0 Å². The Labute approximate surface area is 113 Å². The monoisotopic (exact) mass is 283 g/mol. The van der Waals surface area contributed by atoms with Crippen molar-refractivity contribution in [1.82, 2.24) is 14.9 Å². The van der Waals surface area contributed by atoms with Gasteiger partial charge in [-0.1, -0.05) is 0 Å². The quantitative estimate of drug-likeness (QED) is 0.920. The van der Waals surface area contributed by atoms with Crippen LogP contribution in [0.2, 0.25) is 0 Å². The number of nitrogens with one attached hydrogen (secondary N) is 1. The largest absolute Gasteiger partial charge is 0.573 e. The van der Waals surface area contributed by atoms with Crippen LogP contribution >= 0.6 is 0 Å². The number of fused-ring (bicyclic) bond motifs is 1. The van der Waals surface area contributed by atoms with Crippen molar-refractivity contribution in [2.24, 2.45) is 0 Å². The highest BCUT2D eigenvalue weighted by atomic mass is 19.4. The highest BCUT2D eigenvalue weighted by molar-refractivity contribution is 5.59. The Balaban J connectivity index is 1.82. The maximum atomic E-state index is 12.1.